The molecule has 0 atom stereocenters. The van der Waals surface area contributed by atoms with E-state index >= 15 is 0 Å². The first-order valence-corrected chi connectivity index (χ1v) is 8.32. The largest absolute Gasteiger partial charge is 0.331 e. The maximum atomic E-state index is 13.1. The summed E-state index contributed by atoms with van der Waals surface area (Å²) in [7, 11) is 0. The predicted molar refractivity (Wildman–Crippen MR) is 95.6 cm³/mol. The molecule has 3 rings (SSSR count). The monoisotopic (exact) mass is 319 g/mol. The van der Waals surface area contributed by atoms with Gasteiger partial charge in [0.05, 0.1) is 12.2 Å². The fourth-order valence-electron chi connectivity index (χ4n) is 2.73. The summed E-state index contributed by atoms with van der Waals surface area (Å²) >= 11 is 0. The Kier molecular flexibility index (Phi) is 5.16. The number of unbranched alkanes of at least 4 members (excludes halogenated alkanes) is 1. The van der Waals surface area contributed by atoms with Crippen LogP contribution in [0.15, 0.2) is 60.9 Å². The van der Waals surface area contributed by atoms with Crippen molar-refractivity contribution in [1.82, 2.24) is 14.9 Å². The van der Waals surface area contributed by atoms with Gasteiger partial charge in [-0.25, -0.2) is 0 Å². The van der Waals surface area contributed by atoms with Crippen LogP contribution < -0.4 is 0 Å². The number of amides is 1. The second kappa shape index (κ2) is 7.68. The molecule has 2 heterocycles. The van der Waals surface area contributed by atoms with Crippen LogP contribution in [0.2, 0.25) is 0 Å². The summed E-state index contributed by atoms with van der Waals surface area (Å²) in [4.78, 5) is 23.7. The summed E-state index contributed by atoms with van der Waals surface area (Å²) in [6.07, 6.45) is 5.46. The third-order valence-electron chi connectivity index (χ3n) is 4.02. The summed E-state index contributed by atoms with van der Waals surface area (Å²) in [5.41, 5.74) is 1.40. The molecule has 122 valence electrons. The van der Waals surface area contributed by atoms with E-state index in [1.807, 2.05) is 53.4 Å². The number of nitrogens with zero attached hydrogens (tertiary/aromatic N) is 3. The van der Waals surface area contributed by atoms with Crippen LogP contribution >= 0.6 is 0 Å². The van der Waals surface area contributed by atoms with Crippen molar-refractivity contribution in [2.75, 3.05) is 6.54 Å². The Hall–Kier alpha value is -2.75. The van der Waals surface area contributed by atoms with Crippen molar-refractivity contribution >= 4 is 16.7 Å². The van der Waals surface area contributed by atoms with E-state index in [1.165, 1.54) is 0 Å². The van der Waals surface area contributed by atoms with Gasteiger partial charge in [0, 0.05) is 24.3 Å². The Morgan fingerprint density at radius 2 is 1.83 bits per heavy atom. The predicted octanol–water partition coefficient (Wildman–Crippen LogP) is 4.07. The number of fused-ring (bicyclic) bond motifs is 1. The van der Waals surface area contributed by atoms with E-state index in [0.717, 1.165) is 29.3 Å². The molecule has 0 bridgehead atoms. The van der Waals surface area contributed by atoms with E-state index in [-0.39, 0.29) is 5.91 Å². The lowest BCUT2D eigenvalue weighted by Crippen LogP contribution is -2.32. The number of hydrogen-bond donors (Lipinski definition) is 0. The zero-order valence-corrected chi connectivity index (χ0v) is 13.9. The van der Waals surface area contributed by atoms with Gasteiger partial charge in [0.1, 0.15) is 5.69 Å². The van der Waals surface area contributed by atoms with Gasteiger partial charge in [-0.15, -0.1) is 0 Å². The fraction of sp³-hybridized carbons (Fsp3) is 0.250. The highest BCUT2D eigenvalue weighted by Crippen LogP contribution is 2.19. The van der Waals surface area contributed by atoms with Gasteiger partial charge in [-0.2, -0.15) is 0 Å². The van der Waals surface area contributed by atoms with Crippen LogP contribution in [0, 0.1) is 0 Å². The lowest BCUT2D eigenvalue weighted by Gasteiger charge is -2.22. The zero-order chi connectivity index (χ0) is 16.8. The highest BCUT2D eigenvalue weighted by atomic mass is 16.2. The van der Waals surface area contributed by atoms with E-state index in [9.17, 15) is 4.79 Å². The molecule has 3 aromatic rings. The Morgan fingerprint density at radius 3 is 2.62 bits per heavy atom. The van der Waals surface area contributed by atoms with Crippen molar-refractivity contribution < 1.29 is 4.79 Å². The number of rotatable bonds is 6. The van der Waals surface area contributed by atoms with Crippen LogP contribution in [0.25, 0.3) is 10.8 Å². The Labute approximate surface area is 142 Å². The first kappa shape index (κ1) is 16.1. The minimum Gasteiger partial charge on any atom is -0.331 e. The second-order valence-electron chi connectivity index (χ2n) is 5.78. The molecule has 0 saturated heterocycles. The fourth-order valence-corrected chi connectivity index (χ4v) is 2.73. The molecule has 0 N–H and O–H groups in total. The number of benzene rings is 1. The molecule has 1 amide bonds. The SMILES string of the molecule is CCCCN(Cc1ccccn1)C(=O)c1nccc2ccccc12. The number of hydrogen-bond acceptors (Lipinski definition) is 3. The molecule has 0 saturated carbocycles. The van der Waals surface area contributed by atoms with Gasteiger partial charge in [0.2, 0.25) is 0 Å². The molecule has 0 aliphatic heterocycles. The molecular formula is C20H21N3O. The second-order valence-corrected chi connectivity index (χ2v) is 5.78. The molecule has 4 heteroatoms. The summed E-state index contributed by atoms with van der Waals surface area (Å²) in [6, 6.07) is 15.6. The van der Waals surface area contributed by atoms with Crippen molar-refractivity contribution in [3.05, 3.63) is 72.3 Å². The van der Waals surface area contributed by atoms with E-state index in [1.54, 1.807) is 12.4 Å². The van der Waals surface area contributed by atoms with Crippen LogP contribution in [0.4, 0.5) is 0 Å². The quantitative estimate of drug-likeness (QED) is 0.688. The Morgan fingerprint density at radius 1 is 1.00 bits per heavy atom. The van der Waals surface area contributed by atoms with E-state index < -0.39 is 0 Å². The van der Waals surface area contributed by atoms with Crippen molar-refractivity contribution in [3.63, 3.8) is 0 Å². The molecule has 0 fully saturated rings. The van der Waals surface area contributed by atoms with Crippen molar-refractivity contribution in [1.29, 1.82) is 0 Å². The zero-order valence-electron chi connectivity index (χ0n) is 13.9. The number of carbonyl (C=O) groups is 1. The lowest BCUT2D eigenvalue weighted by atomic mass is 10.1. The average Bonchev–Trinajstić information content (AvgIpc) is 2.65. The molecule has 0 spiro atoms. The maximum absolute atomic E-state index is 13.1. The molecule has 2 aromatic heterocycles. The molecular weight excluding hydrogens is 298 g/mol. The highest BCUT2D eigenvalue weighted by molar-refractivity contribution is 6.05. The number of pyridine rings is 2. The van der Waals surface area contributed by atoms with E-state index in [0.29, 0.717) is 18.8 Å². The molecule has 24 heavy (non-hydrogen) atoms. The van der Waals surface area contributed by atoms with Gasteiger partial charge in [0.25, 0.3) is 5.91 Å². The highest BCUT2D eigenvalue weighted by Gasteiger charge is 2.19. The van der Waals surface area contributed by atoms with Crippen molar-refractivity contribution in [2.24, 2.45) is 0 Å². The molecule has 0 unspecified atom stereocenters. The maximum Gasteiger partial charge on any atom is 0.273 e. The minimum atomic E-state index is -0.0362. The minimum absolute atomic E-state index is 0.0362. The van der Waals surface area contributed by atoms with Gasteiger partial charge >= 0.3 is 0 Å². The first-order valence-electron chi connectivity index (χ1n) is 8.32. The van der Waals surface area contributed by atoms with Gasteiger partial charge in [-0.1, -0.05) is 43.7 Å². The van der Waals surface area contributed by atoms with Crippen LogP contribution in [-0.4, -0.2) is 27.3 Å². The molecule has 4 nitrogen and oxygen atoms in total. The lowest BCUT2D eigenvalue weighted by molar-refractivity contribution is 0.0735. The average molecular weight is 319 g/mol. The molecule has 0 radical (unpaired) electrons. The van der Waals surface area contributed by atoms with Gasteiger partial charge < -0.3 is 4.90 Å². The van der Waals surface area contributed by atoms with E-state index in [4.69, 9.17) is 0 Å². The molecule has 0 aliphatic carbocycles. The summed E-state index contributed by atoms with van der Waals surface area (Å²) in [5.74, 6) is -0.0362. The van der Waals surface area contributed by atoms with Gasteiger partial charge in [-0.05, 0) is 30.0 Å². The third kappa shape index (κ3) is 3.59. The molecule has 1 aromatic carbocycles. The topological polar surface area (TPSA) is 46.1 Å². The van der Waals surface area contributed by atoms with Crippen LogP contribution in [0.3, 0.4) is 0 Å². The van der Waals surface area contributed by atoms with Crippen molar-refractivity contribution in [2.45, 2.75) is 26.3 Å². The summed E-state index contributed by atoms with van der Waals surface area (Å²) in [6.45, 7) is 3.33. The Balaban J connectivity index is 1.92. The number of carbonyl (C=O) groups excluding carboxylic acids is 1. The van der Waals surface area contributed by atoms with Crippen LogP contribution in [0.1, 0.15) is 35.9 Å². The number of aromatic nitrogens is 2. The van der Waals surface area contributed by atoms with E-state index in [2.05, 4.69) is 16.9 Å². The normalized spacial score (nSPS) is 10.7. The third-order valence-corrected chi connectivity index (χ3v) is 4.02. The Bertz CT molecular complexity index is 812. The van der Waals surface area contributed by atoms with Crippen LogP contribution in [0.5, 0.6) is 0 Å². The van der Waals surface area contributed by atoms with Gasteiger partial charge in [0.15, 0.2) is 0 Å². The summed E-state index contributed by atoms with van der Waals surface area (Å²) in [5, 5.41) is 1.93. The van der Waals surface area contributed by atoms with Crippen molar-refractivity contribution in [3.8, 4) is 0 Å². The molecule has 0 aliphatic rings. The smallest absolute Gasteiger partial charge is 0.273 e. The first-order chi connectivity index (χ1) is 11.8. The van der Waals surface area contributed by atoms with Gasteiger partial charge in [-0.3, -0.25) is 14.8 Å². The van der Waals surface area contributed by atoms with Crippen LogP contribution in [-0.2, 0) is 6.54 Å². The summed E-state index contributed by atoms with van der Waals surface area (Å²) < 4.78 is 0. The standard InChI is InChI=1S/C20H21N3O/c1-2-3-14-23(15-17-9-6-7-12-21-17)20(24)19-18-10-5-4-8-16(18)11-13-22-19/h4-13H,2-3,14-15H2,1H3.